The number of anilines is 1. The third kappa shape index (κ3) is 3.88. The molecule has 8 heteroatoms. The van der Waals surface area contributed by atoms with Crippen LogP contribution >= 0.6 is 0 Å². The first-order chi connectivity index (χ1) is 9.97. The number of piperidine rings is 1. The number of aromatic nitrogens is 1. The zero-order valence-corrected chi connectivity index (χ0v) is 11.8. The van der Waals surface area contributed by atoms with E-state index in [0.29, 0.717) is 12.5 Å². The zero-order valence-electron chi connectivity index (χ0n) is 11.8. The first-order valence-corrected chi connectivity index (χ1v) is 6.77. The van der Waals surface area contributed by atoms with Crippen LogP contribution in [0.4, 0.5) is 11.5 Å². The zero-order chi connectivity index (χ0) is 15.4. The molecule has 0 spiro atoms. The van der Waals surface area contributed by atoms with Gasteiger partial charge in [-0.1, -0.05) is 0 Å². The van der Waals surface area contributed by atoms with Gasteiger partial charge in [0.15, 0.2) is 0 Å². The average Bonchev–Trinajstić information content (AvgIpc) is 2.46. The number of nitro groups is 1. The SMILES string of the molecule is CN1CCC(CNc2ncc(C(=O)O)cc2[N+](=O)[O-])CC1. The molecule has 2 heterocycles. The van der Waals surface area contributed by atoms with Crippen LogP contribution in [0, 0.1) is 16.0 Å². The van der Waals surface area contributed by atoms with Crippen LogP contribution in [0.2, 0.25) is 0 Å². The number of carboxylic acids is 1. The predicted molar refractivity (Wildman–Crippen MR) is 76.6 cm³/mol. The van der Waals surface area contributed by atoms with Crippen LogP contribution < -0.4 is 5.32 Å². The van der Waals surface area contributed by atoms with Crippen molar-refractivity contribution in [3.8, 4) is 0 Å². The van der Waals surface area contributed by atoms with Crippen molar-refractivity contribution >= 4 is 17.5 Å². The molecular weight excluding hydrogens is 276 g/mol. The number of nitrogens with zero attached hydrogens (tertiary/aromatic N) is 3. The number of rotatable bonds is 5. The summed E-state index contributed by atoms with van der Waals surface area (Å²) in [5.74, 6) is -0.654. The Morgan fingerprint density at radius 3 is 2.81 bits per heavy atom. The number of aromatic carboxylic acids is 1. The second-order valence-electron chi connectivity index (χ2n) is 5.28. The molecule has 2 rings (SSSR count). The van der Waals surface area contributed by atoms with E-state index in [0.717, 1.165) is 38.2 Å². The molecule has 1 aliphatic rings. The molecule has 1 aromatic rings. The first-order valence-electron chi connectivity index (χ1n) is 6.77. The lowest BCUT2D eigenvalue weighted by molar-refractivity contribution is -0.384. The molecule has 21 heavy (non-hydrogen) atoms. The van der Waals surface area contributed by atoms with Gasteiger partial charge >= 0.3 is 11.7 Å². The lowest BCUT2D eigenvalue weighted by Crippen LogP contribution is -2.33. The predicted octanol–water partition coefficient (Wildman–Crippen LogP) is 1.44. The van der Waals surface area contributed by atoms with E-state index in [4.69, 9.17) is 5.11 Å². The molecule has 0 amide bonds. The minimum absolute atomic E-state index is 0.129. The first kappa shape index (κ1) is 15.2. The summed E-state index contributed by atoms with van der Waals surface area (Å²) in [6, 6.07) is 1.03. The minimum atomic E-state index is -1.23. The van der Waals surface area contributed by atoms with E-state index in [1.807, 2.05) is 0 Å². The summed E-state index contributed by atoms with van der Waals surface area (Å²) in [5, 5.41) is 22.9. The highest BCUT2D eigenvalue weighted by Crippen LogP contribution is 2.24. The van der Waals surface area contributed by atoms with Gasteiger partial charge in [0.2, 0.25) is 5.82 Å². The summed E-state index contributed by atoms with van der Waals surface area (Å²) in [6.07, 6.45) is 3.20. The van der Waals surface area contributed by atoms with E-state index < -0.39 is 10.9 Å². The monoisotopic (exact) mass is 294 g/mol. The Morgan fingerprint density at radius 1 is 1.57 bits per heavy atom. The highest BCUT2D eigenvalue weighted by atomic mass is 16.6. The Labute approximate surface area is 121 Å². The summed E-state index contributed by atoms with van der Waals surface area (Å²) in [5.41, 5.74) is -0.491. The molecule has 1 aliphatic heterocycles. The Morgan fingerprint density at radius 2 is 2.24 bits per heavy atom. The van der Waals surface area contributed by atoms with E-state index in [-0.39, 0.29) is 17.1 Å². The van der Waals surface area contributed by atoms with Gasteiger partial charge in [0.05, 0.1) is 10.5 Å². The van der Waals surface area contributed by atoms with Gasteiger partial charge in [-0.3, -0.25) is 10.1 Å². The van der Waals surface area contributed by atoms with Crippen LogP contribution in [0.5, 0.6) is 0 Å². The molecule has 1 aromatic heterocycles. The fourth-order valence-corrected chi connectivity index (χ4v) is 2.35. The van der Waals surface area contributed by atoms with Crippen molar-refractivity contribution < 1.29 is 14.8 Å². The number of hydrogen-bond acceptors (Lipinski definition) is 6. The standard InChI is InChI=1S/C13H18N4O4/c1-16-4-2-9(3-5-16)7-14-12-11(17(20)21)6-10(8-15-12)13(18)19/h6,8-9H,2-5,7H2,1H3,(H,14,15)(H,18,19). The maximum atomic E-state index is 11.0. The lowest BCUT2D eigenvalue weighted by Gasteiger charge is -2.29. The molecule has 114 valence electrons. The third-order valence-corrected chi connectivity index (χ3v) is 3.71. The Bertz CT molecular complexity index is 541. The van der Waals surface area contributed by atoms with Gasteiger partial charge in [-0.05, 0) is 38.9 Å². The normalized spacial score (nSPS) is 16.6. The van der Waals surface area contributed by atoms with E-state index in [2.05, 4.69) is 22.2 Å². The number of likely N-dealkylation sites (tertiary alicyclic amines) is 1. The van der Waals surface area contributed by atoms with Gasteiger partial charge < -0.3 is 15.3 Å². The molecule has 0 saturated carbocycles. The summed E-state index contributed by atoms with van der Waals surface area (Å²) in [7, 11) is 2.07. The topological polar surface area (TPSA) is 109 Å². The van der Waals surface area contributed by atoms with Crippen LogP contribution in [0.15, 0.2) is 12.3 Å². The van der Waals surface area contributed by atoms with E-state index >= 15 is 0 Å². The summed E-state index contributed by atoms with van der Waals surface area (Å²) in [6.45, 7) is 2.63. The fourth-order valence-electron chi connectivity index (χ4n) is 2.35. The summed E-state index contributed by atoms with van der Waals surface area (Å²) in [4.78, 5) is 27.4. The van der Waals surface area contributed by atoms with Crippen LogP contribution in [0.25, 0.3) is 0 Å². The Balaban J connectivity index is 2.05. The Hall–Kier alpha value is -2.22. The molecule has 0 unspecified atom stereocenters. The largest absolute Gasteiger partial charge is 0.478 e. The molecule has 0 aliphatic carbocycles. The molecule has 2 N–H and O–H groups in total. The molecule has 0 atom stereocenters. The molecule has 1 fully saturated rings. The third-order valence-electron chi connectivity index (χ3n) is 3.71. The smallest absolute Gasteiger partial charge is 0.337 e. The number of pyridine rings is 1. The van der Waals surface area contributed by atoms with E-state index in [1.54, 1.807) is 0 Å². The van der Waals surface area contributed by atoms with Gasteiger partial charge in [0.25, 0.3) is 0 Å². The van der Waals surface area contributed by atoms with Crippen molar-refractivity contribution in [2.75, 3.05) is 32.0 Å². The van der Waals surface area contributed by atoms with Crippen molar-refractivity contribution in [1.82, 2.24) is 9.88 Å². The van der Waals surface area contributed by atoms with Crippen molar-refractivity contribution in [3.63, 3.8) is 0 Å². The maximum Gasteiger partial charge on any atom is 0.337 e. The number of nitrogens with one attached hydrogen (secondary N) is 1. The van der Waals surface area contributed by atoms with Gasteiger partial charge in [-0.2, -0.15) is 0 Å². The van der Waals surface area contributed by atoms with Gasteiger partial charge in [-0.15, -0.1) is 0 Å². The lowest BCUT2D eigenvalue weighted by atomic mass is 9.97. The van der Waals surface area contributed by atoms with Gasteiger partial charge in [0.1, 0.15) is 0 Å². The van der Waals surface area contributed by atoms with Crippen molar-refractivity contribution in [2.24, 2.45) is 5.92 Å². The van der Waals surface area contributed by atoms with Gasteiger partial charge in [0, 0.05) is 18.8 Å². The summed E-state index contributed by atoms with van der Waals surface area (Å²) < 4.78 is 0. The van der Waals surface area contributed by atoms with Gasteiger partial charge in [-0.25, -0.2) is 9.78 Å². The Kier molecular flexibility index (Phi) is 4.69. The number of hydrogen-bond donors (Lipinski definition) is 2. The quantitative estimate of drug-likeness (QED) is 0.624. The molecule has 8 nitrogen and oxygen atoms in total. The average molecular weight is 294 g/mol. The van der Waals surface area contributed by atoms with Crippen molar-refractivity contribution in [1.29, 1.82) is 0 Å². The van der Waals surface area contributed by atoms with Crippen LogP contribution in [-0.2, 0) is 0 Å². The molecule has 0 radical (unpaired) electrons. The van der Waals surface area contributed by atoms with E-state index in [9.17, 15) is 14.9 Å². The molecule has 0 aromatic carbocycles. The molecule has 1 saturated heterocycles. The van der Waals surface area contributed by atoms with Crippen LogP contribution in [0.1, 0.15) is 23.2 Å². The maximum absolute atomic E-state index is 11.0. The summed E-state index contributed by atoms with van der Waals surface area (Å²) >= 11 is 0. The van der Waals surface area contributed by atoms with Crippen LogP contribution in [0.3, 0.4) is 0 Å². The number of carbonyl (C=O) groups is 1. The highest BCUT2D eigenvalue weighted by Gasteiger charge is 2.21. The van der Waals surface area contributed by atoms with Crippen molar-refractivity contribution in [2.45, 2.75) is 12.8 Å². The van der Waals surface area contributed by atoms with Crippen LogP contribution in [-0.4, -0.2) is 52.6 Å². The minimum Gasteiger partial charge on any atom is -0.478 e. The molecular formula is C13H18N4O4. The van der Waals surface area contributed by atoms with E-state index in [1.165, 1.54) is 0 Å². The number of carboxylic acid groups (broad SMARTS) is 1. The second-order valence-corrected chi connectivity index (χ2v) is 5.28. The fraction of sp³-hybridized carbons (Fsp3) is 0.538. The molecule has 0 bridgehead atoms. The highest BCUT2D eigenvalue weighted by molar-refractivity contribution is 5.88. The van der Waals surface area contributed by atoms with Crippen molar-refractivity contribution in [3.05, 3.63) is 27.9 Å². The second kappa shape index (κ2) is 6.49.